The van der Waals surface area contributed by atoms with E-state index in [4.69, 9.17) is 37.9 Å². The first-order chi connectivity index (χ1) is 23.6. The highest BCUT2D eigenvalue weighted by atomic mass is 16.9. The van der Waals surface area contributed by atoms with Crippen LogP contribution >= 0.6 is 0 Å². The lowest BCUT2D eigenvalue weighted by Crippen LogP contribution is -2.60. The van der Waals surface area contributed by atoms with Crippen LogP contribution in [0.5, 0.6) is 11.5 Å². The van der Waals surface area contributed by atoms with Gasteiger partial charge in [-0.1, -0.05) is 24.3 Å². The first kappa shape index (κ1) is 34.2. The lowest BCUT2D eigenvalue weighted by atomic mass is 9.71. The molecule has 5 aliphatic rings. The van der Waals surface area contributed by atoms with Crippen molar-refractivity contribution in [1.29, 1.82) is 0 Å². The summed E-state index contributed by atoms with van der Waals surface area (Å²) in [5.74, 6) is -2.68. The number of hydrogen-bond acceptors (Lipinski definition) is 14. The van der Waals surface area contributed by atoms with Gasteiger partial charge in [0.15, 0.2) is 29.9 Å². The van der Waals surface area contributed by atoms with E-state index < -0.39 is 65.7 Å². The maximum absolute atomic E-state index is 13.8. The second kappa shape index (κ2) is 13.4. The van der Waals surface area contributed by atoms with Gasteiger partial charge in [0.05, 0.1) is 36.0 Å². The normalized spacial score (nSPS) is 33.3. The number of nitrogens with zero attached hydrogens (tertiary/aromatic N) is 1. The minimum Gasteiger partial charge on any atom is -0.507 e. The van der Waals surface area contributed by atoms with Gasteiger partial charge >= 0.3 is 0 Å². The molecule has 7 rings (SSSR count). The molecular formula is C35H41NO13. The van der Waals surface area contributed by atoms with E-state index in [0.29, 0.717) is 26.1 Å². The zero-order valence-corrected chi connectivity index (χ0v) is 27.8. The van der Waals surface area contributed by atoms with E-state index in [2.05, 4.69) is 4.90 Å². The molecule has 2 aliphatic carbocycles. The van der Waals surface area contributed by atoms with Crippen molar-refractivity contribution in [2.45, 2.75) is 82.1 Å². The van der Waals surface area contributed by atoms with E-state index in [0.717, 1.165) is 0 Å². The SMILES string of the molecule is CCOC1OCC(=O)C2(Cc3c(O)c4c(c(O)c3C(OC3CC(N5CCOC(OC)C5)C(OC)C(C)O3)C2)C(=O)c2ccccc2C4=O)O1. The number of morpholine rings is 1. The number of phenolic OH excluding ortho intramolecular Hbond substituents is 2. The summed E-state index contributed by atoms with van der Waals surface area (Å²) in [6.07, 6.45) is -3.19. The highest BCUT2D eigenvalue weighted by molar-refractivity contribution is 6.30. The molecule has 0 radical (unpaired) electrons. The summed E-state index contributed by atoms with van der Waals surface area (Å²) in [6, 6.07) is 6.06. The summed E-state index contributed by atoms with van der Waals surface area (Å²) in [7, 11) is 3.21. The van der Waals surface area contributed by atoms with Crippen LogP contribution in [0.4, 0.5) is 0 Å². The summed E-state index contributed by atoms with van der Waals surface area (Å²) in [5.41, 5.74) is -1.90. The van der Waals surface area contributed by atoms with Crippen LogP contribution in [0.25, 0.3) is 0 Å². The topological polar surface area (TPSA) is 169 Å². The minimum atomic E-state index is -1.61. The molecule has 0 amide bonds. The van der Waals surface area contributed by atoms with Crippen molar-refractivity contribution in [2.24, 2.45) is 0 Å². The number of rotatable bonds is 7. The summed E-state index contributed by atoms with van der Waals surface area (Å²) >= 11 is 0. The fourth-order valence-electron chi connectivity index (χ4n) is 7.94. The average Bonchev–Trinajstić information content (AvgIpc) is 3.10. The zero-order valence-electron chi connectivity index (χ0n) is 27.8. The predicted molar refractivity (Wildman–Crippen MR) is 167 cm³/mol. The summed E-state index contributed by atoms with van der Waals surface area (Å²) in [6.45, 7) is 3.93. The largest absolute Gasteiger partial charge is 0.507 e. The quantitative estimate of drug-likeness (QED) is 0.348. The second-order valence-electron chi connectivity index (χ2n) is 12.9. The summed E-state index contributed by atoms with van der Waals surface area (Å²) in [4.78, 5) is 43.5. The number of carbonyl (C=O) groups excluding carboxylic acids is 3. The van der Waals surface area contributed by atoms with Crippen molar-refractivity contribution in [3.63, 3.8) is 0 Å². The summed E-state index contributed by atoms with van der Waals surface area (Å²) in [5, 5.41) is 23.7. The van der Waals surface area contributed by atoms with Gasteiger partial charge in [-0.15, -0.1) is 0 Å². The lowest BCUT2D eigenvalue weighted by molar-refractivity contribution is -0.344. The van der Waals surface area contributed by atoms with E-state index in [1.54, 1.807) is 33.3 Å². The Morgan fingerprint density at radius 3 is 2.37 bits per heavy atom. The Kier molecular flexibility index (Phi) is 9.36. The molecule has 1 spiro atoms. The van der Waals surface area contributed by atoms with Crippen molar-refractivity contribution in [3.8, 4) is 11.5 Å². The monoisotopic (exact) mass is 683 g/mol. The van der Waals surface area contributed by atoms with Crippen LogP contribution in [-0.2, 0) is 49.1 Å². The first-order valence-electron chi connectivity index (χ1n) is 16.6. The predicted octanol–water partition coefficient (Wildman–Crippen LogP) is 2.38. The Hall–Kier alpha value is -3.31. The highest BCUT2D eigenvalue weighted by Gasteiger charge is 2.55. The maximum Gasteiger partial charge on any atom is 0.273 e. The van der Waals surface area contributed by atoms with Gasteiger partial charge in [-0.2, -0.15) is 0 Å². The minimum absolute atomic E-state index is 0.0600. The molecule has 2 aromatic carbocycles. The Morgan fingerprint density at radius 2 is 1.69 bits per heavy atom. The number of Topliss-reactive ketones (excluding diaryl/α,β-unsaturated/α-hetero) is 1. The van der Waals surface area contributed by atoms with Crippen LogP contribution in [-0.4, -0.2) is 122 Å². The van der Waals surface area contributed by atoms with Crippen LogP contribution < -0.4 is 0 Å². The molecule has 0 saturated carbocycles. The smallest absolute Gasteiger partial charge is 0.273 e. The Morgan fingerprint density at radius 1 is 0.980 bits per heavy atom. The Labute approximate surface area is 283 Å². The van der Waals surface area contributed by atoms with E-state index in [1.807, 2.05) is 6.92 Å². The molecule has 8 atom stereocenters. The van der Waals surface area contributed by atoms with E-state index in [1.165, 1.54) is 12.1 Å². The van der Waals surface area contributed by atoms with Gasteiger partial charge in [0.25, 0.3) is 6.48 Å². The molecule has 2 N–H and O–H groups in total. The number of aromatic hydroxyl groups is 2. The fourth-order valence-corrected chi connectivity index (χ4v) is 7.94. The molecule has 264 valence electrons. The third-order valence-corrected chi connectivity index (χ3v) is 10.3. The molecule has 3 aliphatic heterocycles. The molecule has 2 aromatic rings. The van der Waals surface area contributed by atoms with Crippen molar-refractivity contribution >= 4 is 17.3 Å². The molecule has 14 nitrogen and oxygen atoms in total. The van der Waals surface area contributed by atoms with E-state index >= 15 is 0 Å². The van der Waals surface area contributed by atoms with Crippen molar-refractivity contribution < 1.29 is 62.5 Å². The summed E-state index contributed by atoms with van der Waals surface area (Å²) < 4.78 is 47.3. The number of ether oxygens (including phenoxy) is 8. The Bertz CT molecular complexity index is 1650. The molecular weight excluding hydrogens is 642 g/mol. The zero-order chi connectivity index (χ0) is 34.6. The molecule has 3 fully saturated rings. The number of fused-ring (bicyclic) bond motifs is 3. The van der Waals surface area contributed by atoms with E-state index in [9.17, 15) is 24.6 Å². The van der Waals surface area contributed by atoms with E-state index in [-0.39, 0.29) is 71.6 Å². The standard InChI is InChI=1S/C35H41NO13/c1-5-44-34-46-16-23(37)35(49-34)13-20-26(32(41)28-27(31(20)40)29(38)18-8-6-7-9-19(18)30(28)39)22(14-35)48-24-12-21(33(43-4)17(2)47-24)36-10-11-45-25(15-36)42-3/h6-9,17,21-22,24-25,33-34,40-41H,5,10-16H2,1-4H3. The molecule has 3 saturated heterocycles. The van der Waals surface area contributed by atoms with Gasteiger partial charge in [-0.25, -0.2) is 0 Å². The van der Waals surface area contributed by atoms with Gasteiger partial charge in [0.2, 0.25) is 0 Å². The number of hydrogen-bond donors (Lipinski definition) is 2. The maximum atomic E-state index is 13.8. The van der Waals surface area contributed by atoms with Crippen LogP contribution in [0.2, 0.25) is 0 Å². The van der Waals surface area contributed by atoms with Gasteiger partial charge in [0, 0.05) is 81.5 Å². The van der Waals surface area contributed by atoms with Crippen molar-refractivity contribution in [1.82, 2.24) is 4.90 Å². The van der Waals surface area contributed by atoms with Crippen LogP contribution in [0.3, 0.4) is 0 Å². The molecule has 14 heteroatoms. The van der Waals surface area contributed by atoms with Gasteiger partial charge < -0.3 is 48.1 Å². The van der Waals surface area contributed by atoms with Crippen LogP contribution in [0.15, 0.2) is 24.3 Å². The highest BCUT2D eigenvalue weighted by Crippen LogP contribution is 2.53. The van der Waals surface area contributed by atoms with Crippen molar-refractivity contribution in [2.75, 3.05) is 47.1 Å². The molecule has 0 aromatic heterocycles. The number of benzene rings is 2. The third-order valence-electron chi connectivity index (χ3n) is 10.3. The average molecular weight is 684 g/mol. The molecule has 8 unspecified atom stereocenters. The Balaban J connectivity index is 1.31. The molecule has 3 heterocycles. The van der Waals surface area contributed by atoms with Gasteiger partial charge in [-0.05, 0) is 13.8 Å². The van der Waals surface area contributed by atoms with Crippen LogP contribution in [0.1, 0.15) is 75.8 Å². The first-order valence-corrected chi connectivity index (χ1v) is 16.6. The second-order valence-corrected chi connectivity index (χ2v) is 12.9. The number of methoxy groups -OCH3 is 2. The number of phenols is 2. The lowest BCUT2D eigenvalue weighted by Gasteiger charge is -2.48. The third kappa shape index (κ3) is 5.78. The van der Waals surface area contributed by atoms with Gasteiger partial charge in [-0.3, -0.25) is 19.3 Å². The number of ketones is 3. The molecule has 0 bridgehead atoms. The number of carbonyl (C=O) groups is 3. The fraction of sp³-hybridized carbons (Fsp3) is 0.571. The van der Waals surface area contributed by atoms with Crippen LogP contribution in [0, 0.1) is 0 Å². The van der Waals surface area contributed by atoms with Gasteiger partial charge in [0.1, 0.15) is 23.7 Å². The van der Waals surface area contributed by atoms with Crippen molar-refractivity contribution in [3.05, 3.63) is 57.6 Å². The molecule has 49 heavy (non-hydrogen) atoms.